The predicted molar refractivity (Wildman–Crippen MR) is 311 cm³/mol. The number of likely N-dealkylation sites (tertiary alicyclic amines) is 1. The SMILES string of the molecule is CC[C@H](C)[C@H](NC(=O)[C@H](CCCN=C(N)N)NC(=O)[C@H](CCC(=O)O)NC(=O)[C@@H](NC(=O)[C@H](CC(N)=O)NC(=O)[C@H](Cc1c[nH]c2ccccc12)NC(=O)[C@@H]1CCCN1C(=O)[C@@H](NC(=O)[C@@H](N)CO)[C@@H](C)CC)C(C)C)C(=O)N[C@H](C(=O)O)[C@@H](C)O. The number of H-pyrrole nitrogens is 1. The lowest BCUT2D eigenvalue weighted by Crippen LogP contribution is -2.62. The number of nitrogens with two attached hydrogens (primary N) is 4. The third kappa shape index (κ3) is 21.6. The van der Waals surface area contributed by atoms with Crippen molar-refractivity contribution in [3.63, 3.8) is 0 Å². The summed E-state index contributed by atoms with van der Waals surface area (Å²) in [5, 5.41) is 59.4. The molecule has 0 unspecified atom stereocenters. The highest BCUT2D eigenvalue weighted by molar-refractivity contribution is 6.00. The van der Waals surface area contributed by atoms with Crippen LogP contribution >= 0.6 is 0 Å². The molecule has 2 aromatic rings. The summed E-state index contributed by atoms with van der Waals surface area (Å²) < 4.78 is 0. The minimum Gasteiger partial charge on any atom is -0.481 e. The van der Waals surface area contributed by atoms with Gasteiger partial charge in [-0.05, 0) is 68.4 Å². The average Bonchev–Trinajstić information content (AvgIpc) is 3.79. The topological polar surface area (TPSA) is 517 Å². The zero-order valence-corrected chi connectivity index (χ0v) is 49.6. The maximum absolute atomic E-state index is 14.6. The number of benzene rings is 1. The fourth-order valence-corrected chi connectivity index (χ4v) is 9.41. The van der Waals surface area contributed by atoms with Gasteiger partial charge in [0.15, 0.2) is 12.0 Å². The summed E-state index contributed by atoms with van der Waals surface area (Å²) in [6, 6.07) is -7.91. The van der Waals surface area contributed by atoms with Crippen LogP contribution in [0.2, 0.25) is 0 Å². The molecule has 1 fully saturated rings. The lowest BCUT2D eigenvalue weighted by atomic mass is 9.96. The molecule has 3 rings (SSSR count). The Balaban J connectivity index is 1.97. The molecule has 1 saturated heterocycles. The van der Waals surface area contributed by atoms with Crippen molar-refractivity contribution in [1.82, 2.24) is 52.4 Å². The Kier molecular flexibility index (Phi) is 28.8. The number of primary amides is 1. The van der Waals surface area contributed by atoms with E-state index in [4.69, 9.17) is 22.9 Å². The molecule has 478 valence electrons. The van der Waals surface area contributed by atoms with Gasteiger partial charge in [0.25, 0.3) is 0 Å². The van der Waals surface area contributed by atoms with E-state index in [1.165, 1.54) is 18.7 Å². The second-order valence-electron chi connectivity index (χ2n) is 21.9. The average molecular weight is 1210 g/mol. The Morgan fingerprint density at radius 3 is 1.79 bits per heavy atom. The number of aliphatic hydroxyl groups is 2. The van der Waals surface area contributed by atoms with Crippen LogP contribution in [0.5, 0.6) is 0 Å². The number of nitrogens with one attached hydrogen (secondary N) is 9. The molecule has 0 radical (unpaired) electrons. The lowest BCUT2D eigenvalue weighted by molar-refractivity contribution is -0.145. The number of aromatic nitrogens is 1. The maximum Gasteiger partial charge on any atom is 0.328 e. The smallest absolute Gasteiger partial charge is 0.328 e. The Morgan fingerprint density at radius 2 is 1.21 bits per heavy atom. The van der Waals surface area contributed by atoms with E-state index in [9.17, 15) is 78.0 Å². The van der Waals surface area contributed by atoms with E-state index in [1.807, 2.05) is 0 Å². The number of aromatic amines is 1. The monoisotopic (exact) mass is 1210 g/mol. The molecule has 86 heavy (non-hydrogen) atoms. The number of carbonyl (C=O) groups is 12. The quantitative estimate of drug-likeness (QED) is 0.0175. The molecule has 1 aliphatic heterocycles. The van der Waals surface area contributed by atoms with Gasteiger partial charge in [0.05, 0.1) is 19.1 Å². The van der Waals surface area contributed by atoms with Crippen molar-refractivity contribution >= 4 is 87.9 Å². The van der Waals surface area contributed by atoms with Crippen LogP contribution in [0.1, 0.15) is 112 Å². The molecular formula is C55H87N15O16. The zero-order valence-electron chi connectivity index (χ0n) is 49.6. The fourth-order valence-electron chi connectivity index (χ4n) is 9.41. The van der Waals surface area contributed by atoms with Crippen molar-refractivity contribution in [3.05, 3.63) is 36.0 Å². The third-order valence-electron chi connectivity index (χ3n) is 14.9. The normalized spacial score (nSPS) is 17.2. The number of rotatable bonds is 36. The summed E-state index contributed by atoms with van der Waals surface area (Å²) in [5.41, 5.74) is 23.5. The van der Waals surface area contributed by atoms with Gasteiger partial charge in [0, 0.05) is 43.0 Å². The lowest BCUT2D eigenvalue weighted by Gasteiger charge is -2.32. The molecule has 21 N–H and O–H groups in total. The van der Waals surface area contributed by atoms with Crippen LogP contribution in [0.4, 0.5) is 0 Å². The number of fused-ring (bicyclic) bond motifs is 1. The number of nitrogens with zero attached hydrogens (tertiary/aromatic N) is 2. The number of aliphatic imine (C=N–C) groups is 1. The molecule has 1 aromatic carbocycles. The van der Waals surface area contributed by atoms with Crippen LogP contribution in [0.3, 0.4) is 0 Å². The molecular weight excluding hydrogens is 1130 g/mol. The van der Waals surface area contributed by atoms with Gasteiger partial charge in [0.1, 0.15) is 54.4 Å². The van der Waals surface area contributed by atoms with E-state index >= 15 is 0 Å². The van der Waals surface area contributed by atoms with Gasteiger partial charge in [-0.3, -0.25) is 57.7 Å². The number of carboxylic acids is 2. The first-order chi connectivity index (χ1) is 40.4. The van der Waals surface area contributed by atoms with Crippen molar-refractivity contribution in [2.24, 2.45) is 45.7 Å². The molecule has 0 aliphatic carbocycles. The zero-order chi connectivity index (χ0) is 64.7. The summed E-state index contributed by atoms with van der Waals surface area (Å²) in [6.45, 7) is 10.3. The standard InChI is InChI=1S/C55H87N15O16/c1-8-27(5)42(52(83)69-44(29(7)72)54(85)86)67-47(78)34(16-12-20-60-55(58)59)62-46(77)35(18-19-40(74)75)63-51(82)41(26(3)4)66-49(80)37(23-39(57)73)64-48(79)36(22-30-24-61-33-15-11-10-14-31(30)33)65-50(81)38-17-13-21-70(38)53(84)43(28(6)9-2)68-45(76)32(56)25-71/h10-11,14-15,24,26-29,32,34-38,41-44,61,71-72H,8-9,12-13,16-23,25,56H2,1-7H3,(H2,57,73)(H,62,77)(H,63,82)(H,64,79)(H,65,81)(H,66,80)(H,67,78)(H,68,76)(H,69,83)(H,74,75)(H,85,86)(H4,58,59,60)/t27-,28-,29+,32-,34-,35-,36-,37-,38-,41-,42-,43-,44-/m0/s1. The maximum atomic E-state index is 14.6. The van der Waals surface area contributed by atoms with E-state index in [0.717, 1.165) is 6.92 Å². The molecule has 31 heteroatoms. The summed E-state index contributed by atoms with van der Waals surface area (Å²) in [4.78, 5) is 171. The van der Waals surface area contributed by atoms with Crippen LogP contribution in [0.25, 0.3) is 10.9 Å². The van der Waals surface area contributed by atoms with Crippen molar-refractivity contribution in [1.29, 1.82) is 0 Å². The Labute approximate surface area is 497 Å². The Bertz CT molecular complexity index is 2750. The van der Waals surface area contributed by atoms with Gasteiger partial charge in [-0.25, -0.2) is 4.79 Å². The van der Waals surface area contributed by atoms with Gasteiger partial charge in [-0.2, -0.15) is 0 Å². The van der Waals surface area contributed by atoms with E-state index in [2.05, 4.69) is 52.5 Å². The number of aliphatic carboxylic acids is 2. The van der Waals surface area contributed by atoms with Crippen LogP contribution in [-0.4, -0.2) is 193 Å². The first-order valence-electron chi connectivity index (χ1n) is 28.6. The minimum absolute atomic E-state index is 0.0386. The van der Waals surface area contributed by atoms with Crippen molar-refractivity contribution in [2.45, 2.75) is 179 Å². The molecule has 0 saturated carbocycles. The van der Waals surface area contributed by atoms with Gasteiger partial charge in [-0.15, -0.1) is 0 Å². The number of amides is 10. The van der Waals surface area contributed by atoms with Gasteiger partial charge in [0.2, 0.25) is 59.1 Å². The van der Waals surface area contributed by atoms with Crippen LogP contribution in [0.15, 0.2) is 35.5 Å². The highest BCUT2D eigenvalue weighted by Gasteiger charge is 2.42. The summed E-state index contributed by atoms with van der Waals surface area (Å²) in [6.07, 6.45) is -1.22. The third-order valence-corrected chi connectivity index (χ3v) is 14.9. The summed E-state index contributed by atoms with van der Waals surface area (Å²) in [7, 11) is 0. The Morgan fingerprint density at radius 1 is 0.674 bits per heavy atom. The summed E-state index contributed by atoms with van der Waals surface area (Å²) in [5.74, 6) is -14.6. The van der Waals surface area contributed by atoms with Crippen LogP contribution in [0, 0.1) is 17.8 Å². The highest BCUT2D eigenvalue weighted by Crippen LogP contribution is 2.24. The number of carbonyl (C=O) groups excluding carboxylic acids is 10. The Hall–Kier alpha value is -8.45. The molecule has 1 aliphatic rings. The van der Waals surface area contributed by atoms with Crippen molar-refractivity contribution in [2.75, 3.05) is 19.7 Å². The minimum atomic E-state index is -1.82. The predicted octanol–water partition coefficient (Wildman–Crippen LogP) is -4.09. The van der Waals surface area contributed by atoms with Crippen LogP contribution < -0.4 is 65.5 Å². The molecule has 2 heterocycles. The number of carboxylic acid groups (broad SMARTS) is 2. The number of hydrogen-bond acceptors (Lipinski definition) is 16. The molecule has 10 amide bonds. The fraction of sp³-hybridized carbons (Fsp3) is 0.618. The van der Waals surface area contributed by atoms with E-state index in [0.29, 0.717) is 29.3 Å². The largest absolute Gasteiger partial charge is 0.481 e. The number of hydrogen-bond donors (Lipinski definition) is 17. The molecule has 13 atom stereocenters. The van der Waals surface area contributed by atoms with Gasteiger partial charge >= 0.3 is 11.9 Å². The molecule has 1 aromatic heterocycles. The molecule has 0 spiro atoms. The molecule has 0 bridgehead atoms. The number of guanidine groups is 1. The second-order valence-corrected chi connectivity index (χ2v) is 21.9. The molecule has 31 nitrogen and oxygen atoms in total. The summed E-state index contributed by atoms with van der Waals surface area (Å²) >= 11 is 0. The van der Waals surface area contributed by atoms with Gasteiger partial charge in [-0.1, -0.05) is 72.6 Å². The van der Waals surface area contributed by atoms with E-state index in [-0.39, 0.29) is 51.2 Å². The first kappa shape index (κ1) is 71.8. The van der Waals surface area contributed by atoms with Crippen molar-refractivity contribution < 1.29 is 78.0 Å². The van der Waals surface area contributed by atoms with E-state index in [1.54, 1.807) is 58.2 Å². The first-order valence-corrected chi connectivity index (χ1v) is 28.6. The van der Waals surface area contributed by atoms with Crippen LogP contribution in [-0.2, 0) is 64.0 Å². The second kappa shape index (κ2) is 34.5. The van der Waals surface area contributed by atoms with Gasteiger partial charge < -0.3 is 95.8 Å². The van der Waals surface area contributed by atoms with E-state index < -0.39 is 181 Å². The van der Waals surface area contributed by atoms with Crippen molar-refractivity contribution in [3.8, 4) is 0 Å². The highest BCUT2D eigenvalue weighted by atomic mass is 16.4. The number of para-hydroxylation sites is 1. The number of aliphatic hydroxyl groups excluding tert-OH is 2.